The number of benzene rings is 1. The van der Waals surface area contributed by atoms with E-state index in [4.69, 9.17) is 14.2 Å². The molecule has 0 bridgehead atoms. The van der Waals surface area contributed by atoms with Crippen molar-refractivity contribution in [2.45, 2.75) is 83.7 Å². The minimum atomic E-state index is -1.49. The molecule has 3 N–H and O–H groups in total. The molecular formula is C28H32O9. The fourth-order valence-corrected chi connectivity index (χ4v) is 5.40. The molecule has 4 rings (SSSR count). The van der Waals surface area contributed by atoms with E-state index in [2.05, 4.69) is 0 Å². The summed E-state index contributed by atoms with van der Waals surface area (Å²) in [6, 6.07) is 0. The van der Waals surface area contributed by atoms with E-state index >= 15 is 0 Å². The molecule has 0 saturated heterocycles. The molecule has 37 heavy (non-hydrogen) atoms. The number of carbonyl (C=O) groups excluding carboxylic acids is 1. The van der Waals surface area contributed by atoms with Crippen LogP contribution in [-0.4, -0.2) is 50.9 Å². The van der Waals surface area contributed by atoms with Gasteiger partial charge in [-0.1, -0.05) is 32.1 Å². The van der Waals surface area contributed by atoms with E-state index in [-0.39, 0.29) is 41.3 Å². The van der Waals surface area contributed by atoms with Crippen molar-refractivity contribution in [1.82, 2.24) is 0 Å². The number of aliphatic carboxylic acids is 1. The molecule has 0 fully saturated rings. The van der Waals surface area contributed by atoms with E-state index in [0.29, 0.717) is 17.5 Å². The van der Waals surface area contributed by atoms with E-state index < -0.39 is 41.1 Å². The molecule has 0 radical (unpaired) electrons. The molecule has 5 unspecified atom stereocenters. The van der Waals surface area contributed by atoms with Gasteiger partial charge in [0.2, 0.25) is 5.78 Å². The number of carbonyl (C=O) groups is 3. The van der Waals surface area contributed by atoms with Gasteiger partial charge >= 0.3 is 11.9 Å². The van der Waals surface area contributed by atoms with Crippen LogP contribution in [0.3, 0.4) is 0 Å². The second-order valence-corrected chi connectivity index (χ2v) is 9.95. The number of phenols is 1. The summed E-state index contributed by atoms with van der Waals surface area (Å²) in [7, 11) is 0. The highest BCUT2D eigenvalue weighted by molar-refractivity contribution is 6.22. The first kappa shape index (κ1) is 26.5. The third-order valence-electron chi connectivity index (χ3n) is 7.41. The van der Waals surface area contributed by atoms with Crippen molar-refractivity contribution >= 4 is 17.7 Å². The van der Waals surface area contributed by atoms with E-state index in [1.807, 2.05) is 26.8 Å². The van der Waals surface area contributed by atoms with Crippen LogP contribution in [0.4, 0.5) is 0 Å². The van der Waals surface area contributed by atoms with Crippen LogP contribution in [0.1, 0.15) is 86.0 Å². The normalized spacial score (nSPS) is 28.9. The molecule has 0 amide bonds. The van der Waals surface area contributed by atoms with Gasteiger partial charge in [0.05, 0.1) is 12.2 Å². The lowest BCUT2D eigenvalue weighted by Gasteiger charge is -2.42. The number of hydrogen-bond donors (Lipinski definition) is 3. The van der Waals surface area contributed by atoms with Crippen LogP contribution < -0.4 is 4.74 Å². The monoisotopic (exact) mass is 512 g/mol. The van der Waals surface area contributed by atoms with Gasteiger partial charge in [0.1, 0.15) is 34.5 Å². The zero-order valence-electron chi connectivity index (χ0n) is 21.5. The number of aromatic hydroxyl groups is 1. The first-order valence-electron chi connectivity index (χ1n) is 12.4. The lowest BCUT2D eigenvalue weighted by atomic mass is 9.78. The molecule has 3 aliphatic heterocycles. The standard InChI is InChI=1S/C28H32O9/c1-6-7-8-9-10-28(5)25(30)21(26(31)32)18(37-28)12-16-11-17-20-19(13(2)15(4)35-17)14(3)23(29)22(27(33)34)24(20)36-16/h7-10,13,15-17,29H,6,11-12H2,1-5H3,(H,31,32)(H,33,34). The van der Waals surface area contributed by atoms with Gasteiger partial charge in [-0.2, -0.15) is 0 Å². The number of ketones is 1. The zero-order valence-corrected chi connectivity index (χ0v) is 21.5. The van der Waals surface area contributed by atoms with Crippen molar-refractivity contribution in [3.63, 3.8) is 0 Å². The Hall–Kier alpha value is -3.59. The van der Waals surface area contributed by atoms with Crippen LogP contribution in [0.25, 0.3) is 0 Å². The van der Waals surface area contributed by atoms with Gasteiger partial charge in [-0.15, -0.1) is 0 Å². The smallest absolute Gasteiger partial charge is 0.343 e. The molecule has 0 aromatic heterocycles. The number of aromatic carboxylic acids is 1. The number of carboxylic acid groups (broad SMARTS) is 2. The predicted molar refractivity (Wildman–Crippen MR) is 133 cm³/mol. The molecular weight excluding hydrogens is 480 g/mol. The molecule has 1 aromatic rings. The maximum Gasteiger partial charge on any atom is 0.343 e. The van der Waals surface area contributed by atoms with Gasteiger partial charge in [0.15, 0.2) is 5.60 Å². The van der Waals surface area contributed by atoms with Crippen LogP contribution in [-0.2, 0) is 19.1 Å². The van der Waals surface area contributed by atoms with Crippen molar-refractivity contribution in [3.05, 3.63) is 57.9 Å². The second kappa shape index (κ2) is 9.70. The maximum atomic E-state index is 13.0. The summed E-state index contributed by atoms with van der Waals surface area (Å²) >= 11 is 0. The van der Waals surface area contributed by atoms with E-state index in [1.54, 1.807) is 19.1 Å². The number of Topliss-reactive ketones (excluding diaryl/α,β-unsaturated/α-hetero) is 1. The summed E-state index contributed by atoms with van der Waals surface area (Å²) in [6.07, 6.45) is 6.31. The molecule has 3 heterocycles. The number of carboxylic acids is 2. The van der Waals surface area contributed by atoms with Gasteiger partial charge in [0, 0.05) is 24.3 Å². The van der Waals surface area contributed by atoms with Gasteiger partial charge in [-0.3, -0.25) is 4.79 Å². The highest BCUT2D eigenvalue weighted by Gasteiger charge is 2.49. The lowest BCUT2D eigenvalue weighted by molar-refractivity contribution is -0.135. The van der Waals surface area contributed by atoms with E-state index in [9.17, 15) is 29.7 Å². The number of rotatable bonds is 7. The third-order valence-corrected chi connectivity index (χ3v) is 7.41. The minimum Gasteiger partial charge on any atom is -0.507 e. The summed E-state index contributed by atoms with van der Waals surface area (Å²) in [6.45, 7) is 9.00. The predicted octanol–water partition coefficient (Wildman–Crippen LogP) is 4.72. The second-order valence-electron chi connectivity index (χ2n) is 9.95. The van der Waals surface area contributed by atoms with Crippen molar-refractivity contribution in [3.8, 4) is 11.5 Å². The molecule has 0 aliphatic carbocycles. The number of ether oxygens (including phenoxy) is 3. The van der Waals surface area contributed by atoms with Gasteiger partial charge in [-0.25, -0.2) is 9.59 Å². The zero-order chi connectivity index (χ0) is 27.2. The highest BCUT2D eigenvalue weighted by atomic mass is 16.5. The molecule has 0 spiro atoms. The average Bonchev–Trinajstić information content (AvgIpc) is 3.06. The lowest BCUT2D eigenvalue weighted by Crippen LogP contribution is -2.36. The molecule has 0 saturated carbocycles. The summed E-state index contributed by atoms with van der Waals surface area (Å²) in [5, 5.41) is 30.5. The van der Waals surface area contributed by atoms with Gasteiger partial charge in [-0.05, 0) is 44.4 Å². The Morgan fingerprint density at radius 1 is 1.14 bits per heavy atom. The van der Waals surface area contributed by atoms with Crippen LogP contribution in [0.5, 0.6) is 11.5 Å². The Kier molecular flexibility index (Phi) is 6.94. The number of hydrogen-bond acceptors (Lipinski definition) is 7. The molecule has 198 valence electrons. The van der Waals surface area contributed by atoms with Crippen molar-refractivity contribution < 1.29 is 43.9 Å². The fraction of sp³-hybridized carbons (Fsp3) is 0.464. The highest BCUT2D eigenvalue weighted by Crippen LogP contribution is 2.53. The largest absolute Gasteiger partial charge is 0.507 e. The maximum absolute atomic E-state index is 13.0. The summed E-state index contributed by atoms with van der Waals surface area (Å²) < 4.78 is 18.3. The van der Waals surface area contributed by atoms with Crippen LogP contribution >= 0.6 is 0 Å². The Morgan fingerprint density at radius 3 is 2.46 bits per heavy atom. The van der Waals surface area contributed by atoms with E-state index in [1.165, 1.54) is 13.0 Å². The Labute approximate surface area is 215 Å². The van der Waals surface area contributed by atoms with Gasteiger partial charge in [0.25, 0.3) is 0 Å². The van der Waals surface area contributed by atoms with Crippen molar-refractivity contribution in [2.75, 3.05) is 0 Å². The van der Waals surface area contributed by atoms with Crippen molar-refractivity contribution in [1.29, 1.82) is 0 Å². The third kappa shape index (κ3) is 4.41. The summed E-state index contributed by atoms with van der Waals surface area (Å²) in [4.78, 5) is 37.2. The van der Waals surface area contributed by atoms with Crippen LogP contribution in [0.15, 0.2) is 35.6 Å². The number of allylic oxidation sites excluding steroid dienone is 3. The van der Waals surface area contributed by atoms with Gasteiger partial charge < -0.3 is 29.5 Å². The SMILES string of the molecule is CCC=CC=CC1(C)OC(CC2CC3OC(C)C(C)c4c(C)c(O)c(C(=O)O)c(c43)O2)=C(C(=O)O)C1=O. The molecule has 9 heteroatoms. The molecule has 5 atom stereocenters. The quantitative estimate of drug-likeness (QED) is 0.350. The van der Waals surface area contributed by atoms with E-state index in [0.717, 1.165) is 12.0 Å². The first-order valence-corrected chi connectivity index (χ1v) is 12.4. The Bertz CT molecular complexity index is 1250. The first-order chi connectivity index (χ1) is 17.4. The Morgan fingerprint density at radius 2 is 1.84 bits per heavy atom. The topological polar surface area (TPSA) is 140 Å². The summed E-state index contributed by atoms with van der Waals surface area (Å²) in [5.41, 5.74) is -0.434. The molecule has 1 aromatic carbocycles. The van der Waals surface area contributed by atoms with Crippen LogP contribution in [0.2, 0.25) is 0 Å². The fourth-order valence-electron chi connectivity index (χ4n) is 5.40. The van der Waals surface area contributed by atoms with Crippen LogP contribution in [0, 0.1) is 6.92 Å². The molecule has 3 aliphatic rings. The minimum absolute atomic E-state index is 0.0137. The Balaban J connectivity index is 1.73. The summed E-state index contributed by atoms with van der Waals surface area (Å²) in [5.74, 6) is -3.92. The average molecular weight is 513 g/mol. The molecule has 9 nitrogen and oxygen atoms in total. The van der Waals surface area contributed by atoms with Crippen molar-refractivity contribution in [2.24, 2.45) is 0 Å².